The fourth-order valence-electron chi connectivity index (χ4n) is 2.47. The molecule has 19 heavy (non-hydrogen) atoms. The summed E-state index contributed by atoms with van der Waals surface area (Å²) in [7, 11) is 1.54. The summed E-state index contributed by atoms with van der Waals surface area (Å²) in [6.45, 7) is 0. The van der Waals surface area contributed by atoms with Crippen LogP contribution in [0.4, 0.5) is 0 Å². The summed E-state index contributed by atoms with van der Waals surface area (Å²) >= 11 is 0. The van der Waals surface area contributed by atoms with E-state index in [2.05, 4.69) is 5.32 Å². The summed E-state index contributed by atoms with van der Waals surface area (Å²) in [5.74, 6) is 0.396. The summed E-state index contributed by atoms with van der Waals surface area (Å²) in [5.41, 5.74) is 0.786. The Morgan fingerprint density at radius 2 is 2.05 bits per heavy atom. The molecule has 1 aromatic rings. The van der Waals surface area contributed by atoms with Gasteiger partial charge in [-0.2, -0.15) is 0 Å². The molecular weight excluding hydrogens is 242 g/mol. The van der Waals surface area contributed by atoms with Gasteiger partial charge >= 0.3 is 0 Å². The molecule has 1 aliphatic rings. The van der Waals surface area contributed by atoms with Crippen LogP contribution in [0.5, 0.6) is 5.75 Å². The first-order valence-corrected chi connectivity index (χ1v) is 6.68. The van der Waals surface area contributed by atoms with Crippen LogP contribution in [0.25, 0.3) is 0 Å². The normalized spacial score (nSPS) is 15.8. The van der Waals surface area contributed by atoms with Gasteiger partial charge in [0.2, 0.25) is 0 Å². The molecule has 1 fully saturated rings. The second kappa shape index (κ2) is 6.36. The predicted octanol–water partition coefficient (Wildman–Crippen LogP) is 2.57. The molecule has 1 amide bonds. The van der Waals surface area contributed by atoms with Gasteiger partial charge in [0.25, 0.3) is 5.91 Å². The Kier molecular flexibility index (Phi) is 4.55. The molecule has 1 saturated carbocycles. The van der Waals surface area contributed by atoms with Gasteiger partial charge in [0.1, 0.15) is 5.75 Å². The number of methoxy groups -OCH3 is 1. The number of hydrogen-bond acceptors (Lipinski definition) is 3. The standard InChI is InChI=1S/C15H19NO3/c1-19-13-8-7-11(10-17)14(9-13)15(18)16-12-5-3-2-4-6-12/h7-10,12H,2-6H2,1H3,(H,16,18). The number of amides is 1. The van der Waals surface area contributed by atoms with Crippen molar-refractivity contribution in [2.45, 2.75) is 38.1 Å². The van der Waals surface area contributed by atoms with Crippen LogP contribution in [0.15, 0.2) is 18.2 Å². The second-order valence-corrected chi connectivity index (χ2v) is 4.88. The summed E-state index contributed by atoms with van der Waals surface area (Å²) in [5, 5.41) is 3.01. The molecule has 102 valence electrons. The van der Waals surface area contributed by atoms with Crippen LogP contribution in [0.3, 0.4) is 0 Å². The van der Waals surface area contributed by atoms with Gasteiger partial charge in [-0.15, -0.1) is 0 Å². The Bertz CT molecular complexity index is 464. The van der Waals surface area contributed by atoms with Gasteiger partial charge in [0.05, 0.1) is 12.7 Å². The van der Waals surface area contributed by atoms with Gasteiger partial charge in [0.15, 0.2) is 6.29 Å². The maximum Gasteiger partial charge on any atom is 0.252 e. The van der Waals surface area contributed by atoms with E-state index in [1.807, 2.05) is 0 Å². The van der Waals surface area contributed by atoms with Crippen molar-refractivity contribution < 1.29 is 14.3 Å². The van der Waals surface area contributed by atoms with Crippen LogP contribution in [0.2, 0.25) is 0 Å². The highest BCUT2D eigenvalue weighted by Gasteiger charge is 2.18. The van der Waals surface area contributed by atoms with Crippen molar-refractivity contribution in [3.8, 4) is 5.75 Å². The second-order valence-electron chi connectivity index (χ2n) is 4.88. The van der Waals surface area contributed by atoms with Gasteiger partial charge in [-0.05, 0) is 31.0 Å². The monoisotopic (exact) mass is 261 g/mol. The number of aldehydes is 1. The zero-order valence-electron chi connectivity index (χ0n) is 11.1. The fourth-order valence-corrected chi connectivity index (χ4v) is 2.47. The molecule has 0 heterocycles. The summed E-state index contributed by atoms with van der Waals surface area (Å²) in [6, 6.07) is 5.14. The molecule has 0 saturated heterocycles. The van der Waals surface area contributed by atoms with Crippen molar-refractivity contribution in [1.82, 2.24) is 5.32 Å². The lowest BCUT2D eigenvalue weighted by Gasteiger charge is -2.23. The topological polar surface area (TPSA) is 55.4 Å². The lowest BCUT2D eigenvalue weighted by Crippen LogP contribution is -2.36. The van der Waals surface area contributed by atoms with Crippen molar-refractivity contribution in [2.24, 2.45) is 0 Å². The summed E-state index contributed by atoms with van der Waals surface area (Å²) < 4.78 is 5.10. The first kappa shape index (κ1) is 13.6. The van der Waals surface area contributed by atoms with E-state index in [-0.39, 0.29) is 11.9 Å². The molecule has 0 bridgehead atoms. The smallest absolute Gasteiger partial charge is 0.252 e. The molecule has 1 N–H and O–H groups in total. The molecule has 2 rings (SSSR count). The maximum absolute atomic E-state index is 12.2. The highest BCUT2D eigenvalue weighted by Crippen LogP contribution is 2.20. The Hall–Kier alpha value is -1.84. The molecule has 0 unspecified atom stereocenters. The largest absolute Gasteiger partial charge is 0.497 e. The minimum Gasteiger partial charge on any atom is -0.497 e. The van der Waals surface area contributed by atoms with E-state index in [0.29, 0.717) is 23.2 Å². The molecule has 4 nitrogen and oxygen atoms in total. The number of nitrogens with one attached hydrogen (secondary N) is 1. The Labute approximate surface area is 113 Å². The van der Waals surface area contributed by atoms with E-state index < -0.39 is 0 Å². The molecular formula is C15H19NO3. The highest BCUT2D eigenvalue weighted by atomic mass is 16.5. The van der Waals surface area contributed by atoms with Gasteiger partial charge in [-0.3, -0.25) is 9.59 Å². The van der Waals surface area contributed by atoms with Crippen molar-refractivity contribution in [1.29, 1.82) is 0 Å². The Morgan fingerprint density at radius 3 is 2.68 bits per heavy atom. The lowest BCUT2D eigenvalue weighted by atomic mass is 9.95. The van der Waals surface area contributed by atoms with Gasteiger partial charge in [-0.1, -0.05) is 19.3 Å². The number of rotatable bonds is 4. The minimum atomic E-state index is -0.187. The van der Waals surface area contributed by atoms with Crippen molar-refractivity contribution in [3.63, 3.8) is 0 Å². The van der Waals surface area contributed by atoms with Crippen molar-refractivity contribution in [2.75, 3.05) is 7.11 Å². The zero-order chi connectivity index (χ0) is 13.7. The first-order chi connectivity index (χ1) is 9.24. The van der Waals surface area contributed by atoms with Crippen LogP contribution >= 0.6 is 0 Å². The summed E-state index contributed by atoms with van der Waals surface area (Å²) in [6.07, 6.45) is 6.30. The van der Waals surface area contributed by atoms with Gasteiger partial charge in [-0.25, -0.2) is 0 Å². The minimum absolute atomic E-state index is 0.187. The predicted molar refractivity (Wildman–Crippen MR) is 72.7 cm³/mol. The maximum atomic E-state index is 12.2. The zero-order valence-corrected chi connectivity index (χ0v) is 11.1. The average Bonchev–Trinajstić information content (AvgIpc) is 2.47. The van der Waals surface area contributed by atoms with E-state index in [1.54, 1.807) is 25.3 Å². The Balaban J connectivity index is 2.14. The van der Waals surface area contributed by atoms with E-state index >= 15 is 0 Å². The number of benzene rings is 1. The SMILES string of the molecule is COc1ccc(C=O)c(C(=O)NC2CCCCC2)c1. The van der Waals surface area contributed by atoms with E-state index in [9.17, 15) is 9.59 Å². The highest BCUT2D eigenvalue weighted by molar-refractivity contribution is 6.01. The van der Waals surface area contributed by atoms with Crippen LogP contribution < -0.4 is 10.1 Å². The van der Waals surface area contributed by atoms with Crippen molar-refractivity contribution in [3.05, 3.63) is 29.3 Å². The molecule has 0 aromatic heterocycles. The van der Waals surface area contributed by atoms with Crippen molar-refractivity contribution >= 4 is 12.2 Å². The fraction of sp³-hybridized carbons (Fsp3) is 0.467. The van der Waals surface area contributed by atoms with Crippen LogP contribution in [-0.2, 0) is 0 Å². The van der Waals surface area contributed by atoms with E-state index in [1.165, 1.54) is 6.42 Å². The van der Waals surface area contributed by atoms with Crippen LogP contribution in [0.1, 0.15) is 52.8 Å². The Morgan fingerprint density at radius 1 is 1.32 bits per heavy atom. The number of carbonyl (C=O) groups excluding carboxylic acids is 2. The van der Waals surface area contributed by atoms with Gasteiger partial charge in [0, 0.05) is 11.6 Å². The molecule has 0 atom stereocenters. The number of carbonyl (C=O) groups is 2. The molecule has 1 aromatic carbocycles. The molecule has 0 aliphatic heterocycles. The number of ether oxygens (including phenoxy) is 1. The summed E-state index contributed by atoms with van der Waals surface area (Å²) in [4.78, 5) is 23.2. The molecule has 1 aliphatic carbocycles. The third kappa shape index (κ3) is 3.34. The van der Waals surface area contributed by atoms with E-state index in [0.717, 1.165) is 25.7 Å². The third-order valence-electron chi connectivity index (χ3n) is 3.57. The lowest BCUT2D eigenvalue weighted by molar-refractivity contribution is 0.0922. The van der Waals surface area contributed by atoms with Crippen LogP contribution in [0, 0.1) is 0 Å². The molecule has 0 radical (unpaired) electrons. The molecule has 0 spiro atoms. The quantitative estimate of drug-likeness (QED) is 0.847. The third-order valence-corrected chi connectivity index (χ3v) is 3.57. The molecule has 4 heteroatoms. The van der Waals surface area contributed by atoms with Gasteiger partial charge < -0.3 is 10.1 Å². The average molecular weight is 261 g/mol. The van der Waals surface area contributed by atoms with Crippen LogP contribution in [-0.4, -0.2) is 25.3 Å². The first-order valence-electron chi connectivity index (χ1n) is 6.68. The number of hydrogen-bond donors (Lipinski definition) is 1. The van der Waals surface area contributed by atoms with E-state index in [4.69, 9.17) is 4.74 Å².